The lowest BCUT2D eigenvalue weighted by Crippen LogP contribution is -2.45. The summed E-state index contributed by atoms with van der Waals surface area (Å²) in [6.45, 7) is 2.20. The van der Waals surface area contributed by atoms with Gasteiger partial charge in [0.2, 0.25) is 5.91 Å². The van der Waals surface area contributed by atoms with Crippen molar-refractivity contribution in [1.82, 2.24) is 20.9 Å². The molecule has 3 aliphatic heterocycles. The van der Waals surface area contributed by atoms with Gasteiger partial charge >= 0.3 is 5.97 Å². The van der Waals surface area contributed by atoms with Crippen LogP contribution in [0, 0.1) is 5.82 Å². The molecule has 0 saturated carbocycles. The number of hydrogen-bond donors (Lipinski definition) is 4. The maximum atomic E-state index is 15.3. The first-order valence-corrected chi connectivity index (χ1v) is 17.1. The van der Waals surface area contributed by atoms with Crippen molar-refractivity contribution in [3.8, 4) is 11.1 Å². The monoisotopic (exact) mass is 737 g/mol. The van der Waals surface area contributed by atoms with Crippen LogP contribution in [-0.2, 0) is 20.7 Å². The minimum Gasteiger partial charge on any atom is -0.478 e. The number of ether oxygens (including phenoxy) is 1. The van der Waals surface area contributed by atoms with Gasteiger partial charge < -0.3 is 25.0 Å². The van der Waals surface area contributed by atoms with Gasteiger partial charge in [0.05, 0.1) is 29.5 Å². The fourth-order valence-corrected chi connectivity index (χ4v) is 6.77. The highest BCUT2D eigenvalue weighted by Gasteiger charge is 2.36. The van der Waals surface area contributed by atoms with Crippen molar-refractivity contribution in [1.29, 1.82) is 0 Å². The molecule has 3 heterocycles. The van der Waals surface area contributed by atoms with Gasteiger partial charge in [0, 0.05) is 42.5 Å². The van der Waals surface area contributed by atoms with E-state index in [0.717, 1.165) is 16.7 Å². The van der Waals surface area contributed by atoms with Crippen LogP contribution in [0.25, 0.3) is 17.2 Å². The number of carboxylic acids is 1. The highest BCUT2D eigenvalue weighted by Crippen LogP contribution is 2.38. The van der Waals surface area contributed by atoms with E-state index in [0.29, 0.717) is 55.2 Å². The Bertz CT molecular complexity index is 2140. The van der Waals surface area contributed by atoms with Crippen molar-refractivity contribution in [3.63, 3.8) is 0 Å². The molecule has 0 spiro atoms. The third kappa shape index (κ3) is 7.33. The predicted octanol–water partition coefficient (Wildman–Crippen LogP) is 4.87. The first-order chi connectivity index (χ1) is 25.7. The minimum atomic E-state index is -1.11. The fraction of sp³-hybridized carbons (Fsp3) is 0.184. The SMILES string of the molecule is O=C(O)c1ccc(NC(=O)C2c3cccc(-c4ccc(C(=O)N5CCOCC5)cc4)c3CCN2C(=O)/C=C/c2c(N3C=NNN3)ccc(Cl)c2F)cc1. The highest BCUT2D eigenvalue weighted by atomic mass is 35.5. The number of anilines is 2. The average Bonchev–Trinajstić information content (AvgIpc) is 3.73. The van der Waals surface area contributed by atoms with Gasteiger partial charge in [0.1, 0.15) is 12.4 Å². The van der Waals surface area contributed by atoms with Crippen LogP contribution < -0.4 is 21.4 Å². The third-order valence-electron chi connectivity index (χ3n) is 9.26. The Labute approximate surface area is 308 Å². The molecule has 1 unspecified atom stereocenters. The Kier molecular flexibility index (Phi) is 10.2. The van der Waals surface area contributed by atoms with Gasteiger partial charge in [0.15, 0.2) is 5.82 Å². The van der Waals surface area contributed by atoms with E-state index in [-0.39, 0.29) is 28.6 Å². The van der Waals surface area contributed by atoms with E-state index in [2.05, 4.69) is 21.5 Å². The number of carbonyl (C=O) groups excluding carboxylic acids is 3. The Hall–Kier alpha value is -6.09. The zero-order chi connectivity index (χ0) is 37.1. The molecule has 270 valence electrons. The number of aromatic carboxylic acids is 1. The number of benzene rings is 4. The van der Waals surface area contributed by atoms with Crippen molar-refractivity contribution in [2.75, 3.05) is 43.2 Å². The van der Waals surface area contributed by atoms with Gasteiger partial charge in [-0.3, -0.25) is 14.4 Å². The maximum absolute atomic E-state index is 15.3. The summed E-state index contributed by atoms with van der Waals surface area (Å²) in [7, 11) is 0. The third-order valence-corrected chi connectivity index (χ3v) is 9.56. The fourth-order valence-electron chi connectivity index (χ4n) is 6.60. The van der Waals surface area contributed by atoms with E-state index in [1.54, 1.807) is 35.2 Å². The summed E-state index contributed by atoms with van der Waals surface area (Å²) in [6, 6.07) is 20.4. The number of fused-ring (bicyclic) bond motifs is 1. The molecule has 13 nitrogen and oxygen atoms in total. The van der Waals surface area contributed by atoms with Crippen LogP contribution in [0.5, 0.6) is 0 Å². The summed E-state index contributed by atoms with van der Waals surface area (Å²) in [6.07, 6.45) is 4.28. The standard InChI is InChI=1S/C38H33ClFN7O6/c39-31-13-14-32(47-22-41-43-44-47)30(34(31)40)12-15-33(48)46-17-16-28-27(23-4-6-24(7-5-23)37(50)45-18-20-53-21-19-45)2-1-3-29(28)35(46)36(49)42-26-10-8-25(9-11-26)38(51)52/h1-15,22,35,43-44H,16-21H2,(H,42,49)(H,51,52)/b15-12+. The Balaban J connectivity index is 1.22. The molecule has 0 radical (unpaired) electrons. The summed E-state index contributed by atoms with van der Waals surface area (Å²) in [4.78, 5) is 55.8. The lowest BCUT2D eigenvalue weighted by Gasteiger charge is -2.37. The van der Waals surface area contributed by atoms with Gasteiger partial charge in [-0.2, -0.15) is 5.10 Å². The second kappa shape index (κ2) is 15.3. The lowest BCUT2D eigenvalue weighted by atomic mass is 9.85. The number of carbonyl (C=O) groups is 4. The summed E-state index contributed by atoms with van der Waals surface area (Å²) in [5.41, 5.74) is 9.68. The van der Waals surface area contributed by atoms with Crippen molar-refractivity contribution < 1.29 is 33.4 Å². The molecular formula is C38H33ClFN7O6. The van der Waals surface area contributed by atoms with E-state index in [1.807, 2.05) is 18.2 Å². The zero-order valence-corrected chi connectivity index (χ0v) is 28.8. The lowest BCUT2D eigenvalue weighted by molar-refractivity contribution is -0.135. The van der Waals surface area contributed by atoms with Crippen LogP contribution in [0.1, 0.15) is 43.4 Å². The largest absolute Gasteiger partial charge is 0.478 e. The molecule has 1 atom stereocenters. The Morgan fingerprint density at radius 3 is 2.38 bits per heavy atom. The summed E-state index contributed by atoms with van der Waals surface area (Å²) in [5, 5.41) is 17.3. The molecular weight excluding hydrogens is 705 g/mol. The second-order valence-electron chi connectivity index (χ2n) is 12.4. The number of nitrogens with zero attached hydrogens (tertiary/aromatic N) is 4. The molecule has 1 saturated heterocycles. The van der Waals surface area contributed by atoms with Crippen LogP contribution in [0.3, 0.4) is 0 Å². The van der Waals surface area contributed by atoms with E-state index < -0.39 is 29.6 Å². The summed E-state index contributed by atoms with van der Waals surface area (Å²) < 4.78 is 20.7. The maximum Gasteiger partial charge on any atom is 0.335 e. The number of amides is 3. The van der Waals surface area contributed by atoms with Gasteiger partial charge in [0.25, 0.3) is 11.8 Å². The topological polar surface area (TPSA) is 156 Å². The van der Waals surface area contributed by atoms with E-state index >= 15 is 4.39 Å². The molecule has 3 aliphatic rings. The molecule has 0 bridgehead atoms. The van der Waals surface area contributed by atoms with E-state index in [1.165, 1.54) is 58.7 Å². The molecule has 53 heavy (non-hydrogen) atoms. The Morgan fingerprint density at radius 2 is 1.68 bits per heavy atom. The number of carboxylic acid groups (broad SMARTS) is 1. The molecule has 7 rings (SSSR count). The first kappa shape index (κ1) is 35.3. The first-order valence-electron chi connectivity index (χ1n) is 16.7. The van der Waals surface area contributed by atoms with Gasteiger partial charge in [-0.1, -0.05) is 41.9 Å². The van der Waals surface area contributed by atoms with Crippen LogP contribution in [0.2, 0.25) is 5.02 Å². The number of hydrazone groups is 1. The summed E-state index contributed by atoms with van der Waals surface area (Å²) in [5.74, 6) is -3.02. The number of morpholine rings is 1. The number of halogens is 2. The minimum absolute atomic E-state index is 0.0169. The number of rotatable bonds is 8. The molecule has 0 aromatic heterocycles. The highest BCUT2D eigenvalue weighted by molar-refractivity contribution is 6.31. The number of nitrogens with one attached hydrogen (secondary N) is 3. The normalized spacial score (nSPS) is 16.7. The molecule has 1 fully saturated rings. The Morgan fingerprint density at radius 1 is 0.943 bits per heavy atom. The average molecular weight is 738 g/mol. The molecule has 4 aromatic carbocycles. The van der Waals surface area contributed by atoms with Crippen molar-refractivity contribution in [3.05, 3.63) is 124 Å². The van der Waals surface area contributed by atoms with Crippen LogP contribution in [0.15, 0.2) is 90.0 Å². The number of hydrazine groups is 2. The van der Waals surface area contributed by atoms with Crippen molar-refractivity contribution >= 4 is 59.1 Å². The molecule has 4 aromatic rings. The molecule has 4 N–H and O–H groups in total. The summed E-state index contributed by atoms with van der Waals surface area (Å²) >= 11 is 6.11. The zero-order valence-electron chi connectivity index (χ0n) is 28.1. The quantitative estimate of drug-likeness (QED) is 0.186. The predicted molar refractivity (Wildman–Crippen MR) is 196 cm³/mol. The van der Waals surface area contributed by atoms with Crippen molar-refractivity contribution in [2.24, 2.45) is 5.10 Å². The smallest absolute Gasteiger partial charge is 0.335 e. The van der Waals surface area contributed by atoms with Crippen LogP contribution >= 0.6 is 11.6 Å². The number of hydrogen-bond acceptors (Lipinski definition) is 9. The second-order valence-corrected chi connectivity index (χ2v) is 12.8. The molecule has 0 aliphatic carbocycles. The molecule has 3 amide bonds. The van der Waals surface area contributed by atoms with Crippen molar-refractivity contribution in [2.45, 2.75) is 12.5 Å². The molecule has 15 heteroatoms. The van der Waals surface area contributed by atoms with Gasteiger partial charge in [-0.25, -0.2) is 19.7 Å². The van der Waals surface area contributed by atoms with E-state index in [9.17, 15) is 24.3 Å². The van der Waals surface area contributed by atoms with E-state index in [4.69, 9.17) is 16.3 Å². The van der Waals surface area contributed by atoms with Gasteiger partial charge in [-0.15, -0.1) is 5.53 Å². The van der Waals surface area contributed by atoms with Crippen LogP contribution in [-0.4, -0.2) is 77.8 Å². The van der Waals surface area contributed by atoms with Crippen LogP contribution in [0.4, 0.5) is 15.8 Å². The van der Waals surface area contributed by atoms with Gasteiger partial charge in [-0.05, 0) is 83.3 Å².